The summed E-state index contributed by atoms with van der Waals surface area (Å²) in [4.78, 5) is 16.5. The third kappa shape index (κ3) is 5.18. The summed E-state index contributed by atoms with van der Waals surface area (Å²) in [5, 5.41) is 1.10. The third-order valence-electron chi connectivity index (χ3n) is 4.47. The first-order chi connectivity index (χ1) is 13.1. The minimum Gasteiger partial charge on any atom is -0.494 e. The van der Waals surface area contributed by atoms with Crippen LogP contribution in [0.5, 0.6) is 5.75 Å². The van der Waals surface area contributed by atoms with Gasteiger partial charge in [-0.1, -0.05) is 35.3 Å². The summed E-state index contributed by atoms with van der Waals surface area (Å²) >= 11 is 12.1. The summed E-state index contributed by atoms with van der Waals surface area (Å²) in [7, 11) is 0. The van der Waals surface area contributed by atoms with Gasteiger partial charge in [-0.15, -0.1) is 0 Å². The number of amides is 1. The van der Waals surface area contributed by atoms with Crippen LogP contribution in [-0.4, -0.2) is 43.6 Å². The van der Waals surface area contributed by atoms with Gasteiger partial charge in [-0.25, -0.2) is 0 Å². The second-order valence-electron chi connectivity index (χ2n) is 6.25. The first kappa shape index (κ1) is 19.6. The topological polar surface area (TPSA) is 32.8 Å². The van der Waals surface area contributed by atoms with Crippen LogP contribution in [0.25, 0.3) is 6.08 Å². The van der Waals surface area contributed by atoms with Gasteiger partial charge in [0, 0.05) is 37.9 Å². The number of carbonyl (C=O) groups excluding carboxylic acids is 1. The van der Waals surface area contributed by atoms with E-state index in [1.807, 2.05) is 54.3 Å². The largest absolute Gasteiger partial charge is 0.494 e. The highest BCUT2D eigenvalue weighted by molar-refractivity contribution is 6.42. The Balaban J connectivity index is 1.54. The van der Waals surface area contributed by atoms with Crippen LogP contribution in [0.2, 0.25) is 10.0 Å². The Kier molecular flexibility index (Phi) is 6.64. The normalized spacial score (nSPS) is 14.6. The highest BCUT2D eigenvalue weighted by atomic mass is 35.5. The molecule has 1 heterocycles. The molecule has 27 heavy (non-hydrogen) atoms. The lowest BCUT2D eigenvalue weighted by molar-refractivity contribution is -0.126. The van der Waals surface area contributed by atoms with Crippen molar-refractivity contribution in [2.75, 3.05) is 37.7 Å². The summed E-state index contributed by atoms with van der Waals surface area (Å²) in [6, 6.07) is 13.3. The van der Waals surface area contributed by atoms with Crippen LogP contribution in [-0.2, 0) is 4.79 Å². The van der Waals surface area contributed by atoms with Crippen molar-refractivity contribution in [1.29, 1.82) is 0 Å². The first-order valence-electron chi connectivity index (χ1n) is 8.96. The molecule has 0 bridgehead atoms. The number of hydrogen-bond acceptors (Lipinski definition) is 3. The van der Waals surface area contributed by atoms with Gasteiger partial charge >= 0.3 is 0 Å². The van der Waals surface area contributed by atoms with Gasteiger partial charge in [-0.3, -0.25) is 4.79 Å². The van der Waals surface area contributed by atoms with Crippen molar-refractivity contribution < 1.29 is 9.53 Å². The lowest BCUT2D eigenvalue weighted by Crippen LogP contribution is -2.48. The molecule has 142 valence electrons. The molecule has 2 aromatic carbocycles. The summed E-state index contributed by atoms with van der Waals surface area (Å²) < 4.78 is 5.42. The van der Waals surface area contributed by atoms with Crippen LogP contribution in [0, 0.1) is 0 Å². The van der Waals surface area contributed by atoms with Gasteiger partial charge < -0.3 is 14.5 Å². The van der Waals surface area contributed by atoms with Gasteiger partial charge in [0.1, 0.15) is 5.75 Å². The van der Waals surface area contributed by atoms with Crippen LogP contribution in [0.4, 0.5) is 5.69 Å². The van der Waals surface area contributed by atoms with Crippen molar-refractivity contribution in [3.63, 3.8) is 0 Å². The highest BCUT2D eigenvalue weighted by Crippen LogP contribution is 2.27. The molecule has 0 atom stereocenters. The maximum Gasteiger partial charge on any atom is 0.246 e. The van der Waals surface area contributed by atoms with Crippen LogP contribution in [0.3, 0.4) is 0 Å². The van der Waals surface area contributed by atoms with E-state index in [1.54, 1.807) is 12.1 Å². The molecule has 1 saturated heterocycles. The van der Waals surface area contributed by atoms with E-state index < -0.39 is 0 Å². The molecule has 0 radical (unpaired) electrons. The monoisotopic (exact) mass is 404 g/mol. The molecule has 1 aliphatic heterocycles. The molecule has 1 fully saturated rings. The number of halogens is 2. The Morgan fingerprint density at radius 3 is 2.37 bits per heavy atom. The average Bonchev–Trinajstić information content (AvgIpc) is 2.70. The number of nitrogens with zero attached hydrogens (tertiary/aromatic N) is 2. The number of anilines is 1. The van der Waals surface area contributed by atoms with Gasteiger partial charge in [0.05, 0.1) is 16.7 Å². The molecule has 0 N–H and O–H groups in total. The van der Waals surface area contributed by atoms with Gasteiger partial charge in [-0.05, 0) is 48.9 Å². The van der Waals surface area contributed by atoms with Crippen LogP contribution >= 0.6 is 23.2 Å². The minimum absolute atomic E-state index is 0.0256. The van der Waals surface area contributed by atoms with E-state index in [0.717, 1.165) is 30.1 Å². The van der Waals surface area contributed by atoms with Crippen LogP contribution < -0.4 is 9.64 Å². The minimum atomic E-state index is 0.0256. The van der Waals surface area contributed by atoms with Crippen LogP contribution in [0.15, 0.2) is 48.5 Å². The predicted octanol–water partition coefficient (Wildman–Crippen LogP) is 4.75. The van der Waals surface area contributed by atoms with Gasteiger partial charge in [-0.2, -0.15) is 0 Å². The molecule has 0 unspecified atom stereocenters. The summed E-state index contributed by atoms with van der Waals surface area (Å²) in [5.74, 6) is 0.858. The molecular weight excluding hydrogens is 383 g/mol. The average molecular weight is 405 g/mol. The van der Waals surface area contributed by atoms with Crippen molar-refractivity contribution in [3.05, 3.63) is 64.1 Å². The lowest BCUT2D eigenvalue weighted by atomic mass is 10.2. The zero-order valence-electron chi connectivity index (χ0n) is 15.2. The van der Waals surface area contributed by atoms with E-state index in [4.69, 9.17) is 27.9 Å². The van der Waals surface area contributed by atoms with Crippen molar-refractivity contribution in [3.8, 4) is 5.75 Å². The summed E-state index contributed by atoms with van der Waals surface area (Å²) in [5.41, 5.74) is 2.00. The van der Waals surface area contributed by atoms with Crippen molar-refractivity contribution >= 4 is 40.9 Å². The van der Waals surface area contributed by atoms with E-state index in [0.29, 0.717) is 29.7 Å². The number of carbonyl (C=O) groups is 1. The van der Waals surface area contributed by atoms with Crippen molar-refractivity contribution in [2.45, 2.75) is 6.92 Å². The maximum absolute atomic E-state index is 12.4. The molecule has 0 aromatic heterocycles. The SMILES string of the molecule is CCOc1ccc(/C=C/C(=O)N2CCN(c3ccc(Cl)c(Cl)c3)CC2)cc1. The molecule has 0 spiro atoms. The van der Waals surface area contributed by atoms with Crippen molar-refractivity contribution in [2.24, 2.45) is 0 Å². The summed E-state index contributed by atoms with van der Waals surface area (Å²) in [6.07, 6.45) is 3.47. The molecule has 0 aliphatic carbocycles. The molecule has 3 rings (SSSR count). The highest BCUT2D eigenvalue weighted by Gasteiger charge is 2.20. The van der Waals surface area contributed by atoms with Gasteiger partial charge in [0.15, 0.2) is 0 Å². The molecule has 2 aromatic rings. The van der Waals surface area contributed by atoms with E-state index in [1.165, 1.54) is 0 Å². The summed E-state index contributed by atoms with van der Waals surface area (Å²) in [6.45, 7) is 5.47. The standard InChI is InChI=1S/C21H22Cl2N2O2/c1-2-27-18-7-3-16(4-8-18)5-10-21(26)25-13-11-24(12-14-25)17-6-9-19(22)20(23)15-17/h3-10,15H,2,11-14H2,1H3/b10-5+. The second-order valence-corrected chi connectivity index (χ2v) is 7.06. The molecular formula is C21H22Cl2N2O2. The second kappa shape index (κ2) is 9.16. The smallest absolute Gasteiger partial charge is 0.246 e. The van der Waals surface area contributed by atoms with E-state index in [2.05, 4.69) is 4.90 Å². The van der Waals surface area contributed by atoms with Gasteiger partial charge in [0.25, 0.3) is 0 Å². The van der Waals surface area contributed by atoms with E-state index >= 15 is 0 Å². The molecule has 1 amide bonds. The number of benzene rings is 2. The number of piperazine rings is 1. The fourth-order valence-electron chi connectivity index (χ4n) is 2.98. The maximum atomic E-state index is 12.4. The Hall–Kier alpha value is -2.17. The molecule has 1 aliphatic rings. The molecule has 4 nitrogen and oxygen atoms in total. The fraction of sp³-hybridized carbons (Fsp3) is 0.286. The first-order valence-corrected chi connectivity index (χ1v) is 9.72. The van der Waals surface area contributed by atoms with Gasteiger partial charge in [0.2, 0.25) is 5.91 Å². The van der Waals surface area contributed by atoms with E-state index in [9.17, 15) is 4.79 Å². The zero-order chi connectivity index (χ0) is 19.2. The molecule has 0 saturated carbocycles. The Morgan fingerprint density at radius 1 is 1.04 bits per heavy atom. The zero-order valence-corrected chi connectivity index (χ0v) is 16.7. The number of rotatable bonds is 5. The Morgan fingerprint density at radius 2 is 1.74 bits per heavy atom. The third-order valence-corrected chi connectivity index (χ3v) is 5.21. The Labute approximate surface area is 169 Å². The lowest BCUT2D eigenvalue weighted by Gasteiger charge is -2.35. The molecule has 6 heteroatoms. The predicted molar refractivity (Wildman–Crippen MR) is 112 cm³/mol. The fourth-order valence-corrected chi connectivity index (χ4v) is 3.27. The quantitative estimate of drug-likeness (QED) is 0.673. The Bertz CT molecular complexity index is 813. The number of ether oxygens (including phenoxy) is 1. The van der Waals surface area contributed by atoms with Crippen LogP contribution in [0.1, 0.15) is 12.5 Å². The number of hydrogen-bond donors (Lipinski definition) is 0. The van der Waals surface area contributed by atoms with E-state index in [-0.39, 0.29) is 5.91 Å². The van der Waals surface area contributed by atoms with Crippen molar-refractivity contribution in [1.82, 2.24) is 4.90 Å².